The van der Waals surface area contributed by atoms with E-state index in [1.165, 1.54) is 5.56 Å². The molecule has 4 aromatic carbocycles. The molecule has 0 aliphatic carbocycles. The second-order valence-electron chi connectivity index (χ2n) is 8.43. The molecule has 0 spiro atoms. The minimum absolute atomic E-state index is 0.244. The van der Waals surface area contributed by atoms with Gasteiger partial charge in [-0.15, -0.1) is 0 Å². The van der Waals surface area contributed by atoms with Crippen molar-refractivity contribution in [1.29, 1.82) is 0 Å². The van der Waals surface area contributed by atoms with Crippen molar-refractivity contribution in [2.45, 2.75) is 13.8 Å². The van der Waals surface area contributed by atoms with Crippen LogP contribution < -0.4 is 0 Å². The lowest BCUT2D eigenvalue weighted by molar-refractivity contribution is 0.0477. The van der Waals surface area contributed by atoms with E-state index in [4.69, 9.17) is 9.72 Å². The van der Waals surface area contributed by atoms with Gasteiger partial charge in [-0.2, -0.15) is 0 Å². The third-order valence-electron chi connectivity index (χ3n) is 6.14. The first kappa shape index (κ1) is 21.5. The zero-order valence-corrected chi connectivity index (χ0v) is 19.0. The van der Waals surface area contributed by atoms with Gasteiger partial charge in [0, 0.05) is 16.5 Å². The topological polar surface area (TPSA) is 56.3 Å². The summed E-state index contributed by atoms with van der Waals surface area (Å²) in [5.74, 6) is -0.787. The lowest BCUT2D eigenvalue weighted by Gasteiger charge is -2.11. The van der Waals surface area contributed by atoms with Crippen molar-refractivity contribution >= 4 is 33.4 Å². The van der Waals surface area contributed by atoms with Gasteiger partial charge in [-0.1, -0.05) is 66.7 Å². The summed E-state index contributed by atoms with van der Waals surface area (Å²) in [5.41, 5.74) is 5.57. The van der Waals surface area contributed by atoms with Gasteiger partial charge in [-0.25, -0.2) is 9.78 Å². The first-order valence-electron chi connectivity index (χ1n) is 11.2. The summed E-state index contributed by atoms with van der Waals surface area (Å²) in [5, 5.41) is 2.72. The number of nitrogens with zero attached hydrogens (tertiary/aromatic N) is 1. The Morgan fingerprint density at radius 1 is 0.765 bits per heavy atom. The van der Waals surface area contributed by atoms with Gasteiger partial charge in [0.15, 0.2) is 12.4 Å². The normalized spacial score (nSPS) is 11.0. The molecule has 0 N–H and O–H groups in total. The van der Waals surface area contributed by atoms with Crippen molar-refractivity contribution in [2.24, 2.45) is 0 Å². The largest absolute Gasteiger partial charge is 0.454 e. The van der Waals surface area contributed by atoms with Gasteiger partial charge in [-0.3, -0.25) is 4.79 Å². The Morgan fingerprint density at radius 3 is 2.35 bits per heavy atom. The van der Waals surface area contributed by atoms with Crippen molar-refractivity contribution in [2.75, 3.05) is 6.61 Å². The van der Waals surface area contributed by atoms with Gasteiger partial charge in [0.05, 0.1) is 16.8 Å². The fourth-order valence-corrected chi connectivity index (χ4v) is 4.05. The standard InChI is InChI=1S/C30H23NO3/c1-19-11-12-23(15-20(19)2)28-17-26(25-9-5-6-10-27(25)31-28)30(33)34-18-29(32)24-14-13-21-7-3-4-8-22(21)16-24/h3-17H,18H2,1-2H3. The van der Waals surface area contributed by atoms with E-state index >= 15 is 0 Å². The minimum atomic E-state index is -0.544. The van der Waals surface area contributed by atoms with Crippen LogP contribution in [0.4, 0.5) is 0 Å². The molecule has 4 heteroatoms. The molecule has 0 aliphatic heterocycles. The highest BCUT2D eigenvalue weighted by molar-refractivity contribution is 6.06. The van der Waals surface area contributed by atoms with E-state index < -0.39 is 5.97 Å². The lowest BCUT2D eigenvalue weighted by Crippen LogP contribution is -2.15. The molecule has 1 heterocycles. The monoisotopic (exact) mass is 445 g/mol. The molecule has 5 aromatic rings. The number of Topliss-reactive ketones (excluding diaryl/α,β-unsaturated/α-hetero) is 1. The van der Waals surface area contributed by atoms with Crippen LogP contribution in [0.15, 0.2) is 91.0 Å². The van der Waals surface area contributed by atoms with Crippen molar-refractivity contribution < 1.29 is 14.3 Å². The van der Waals surface area contributed by atoms with Crippen LogP contribution in [-0.4, -0.2) is 23.3 Å². The van der Waals surface area contributed by atoms with Gasteiger partial charge < -0.3 is 4.74 Å². The molecule has 5 rings (SSSR count). The molecule has 0 fully saturated rings. The zero-order chi connectivity index (χ0) is 23.7. The van der Waals surface area contributed by atoms with Crippen LogP contribution in [0.5, 0.6) is 0 Å². The lowest BCUT2D eigenvalue weighted by atomic mass is 10.0. The molecular formula is C30H23NO3. The summed E-state index contributed by atoms with van der Waals surface area (Å²) >= 11 is 0. The number of rotatable bonds is 5. The minimum Gasteiger partial charge on any atom is -0.454 e. The Morgan fingerprint density at radius 2 is 1.53 bits per heavy atom. The maximum absolute atomic E-state index is 13.1. The van der Waals surface area contributed by atoms with E-state index in [9.17, 15) is 9.59 Å². The molecule has 0 atom stereocenters. The molecule has 166 valence electrons. The van der Waals surface area contributed by atoms with Crippen molar-refractivity contribution in [3.05, 3.63) is 113 Å². The molecule has 1 aromatic heterocycles. The summed E-state index contributed by atoms with van der Waals surface area (Å²) in [6.07, 6.45) is 0. The Kier molecular flexibility index (Phi) is 5.64. The van der Waals surface area contributed by atoms with E-state index in [2.05, 4.69) is 13.0 Å². The molecule has 0 saturated heterocycles. The van der Waals surface area contributed by atoms with Crippen LogP contribution in [0.2, 0.25) is 0 Å². The summed E-state index contributed by atoms with van der Waals surface area (Å²) in [6.45, 7) is 3.78. The van der Waals surface area contributed by atoms with Crippen LogP contribution in [0.25, 0.3) is 32.9 Å². The Labute approximate surface area is 197 Å². The van der Waals surface area contributed by atoms with Crippen molar-refractivity contribution in [1.82, 2.24) is 4.98 Å². The number of carbonyl (C=O) groups excluding carboxylic acids is 2. The number of para-hydroxylation sites is 1. The van der Waals surface area contributed by atoms with Gasteiger partial charge in [0.2, 0.25) is 0 Å². The fraction of sp³-hybridized carbons (Fsp3) is 0.100. The summed E-state index contributed by atoms with van der Waals surface area (Å²) < 4.78 is 5.48. The molecule has 0 bridgehead atoms. The number of esters is 1. The maximum atomic E-state index is 13.1. The number of aryl methyl sites for hydroxylation is 2. The van der Waals surface area contributed by atoms with Gasteiger partial charge in [0.1, 0.15) is 0 Å². The highest BCUT2D eigenvalue weighted by Crippen LogP contribution is 2.27. The van der Waals surface area contributed by atoms with Crippen molar-refractivity contribution in [3.63, 3.8) is 0 Å². The number of fused-ring (bicyclic) bond motifs is 2. The van der Waals surface area contributed by atoms with Gasteiger partial charge >= 0.3 is 5.97 Å². The SMILES string of the molecule is Cc1ccc(-c2cc(C(=O)OCC(=O)c3ccc4ccccc4c3)c3ccccc3n2)cc1C. The predicted molar refractivity (Wildman–Crippen MR) is 135 cm³/mol. The predicted octanol–water partition coefficient (Wildman–Crippen LogP) is 6.71. The highest BCUT2D eigenvalue weighted by Gasteiger charge is 2.17. The second kappa shape index (κ2) is 8.91. The second-order valence-corrected chi connectivity index (χ2v) is 8.43. The van der Waals surface area contributed by atoms with E-state index in [0.717, 1.165) is 21.9 Å². The Hall–Kier alpha value is -4.31. The number of pyridine rings is 1. The number of ether oxygens (including phenoxy) is 1. The van der Waals surface area contributed by atoms with E-state index in [0.29, 0.717) is 27.7 Å². The number of aromatic nitrogens is 1. The smallest absolute Gasteiger partial charge is 0.339 e. The summed E-state index contributed by atoms with van der Waals surface area (Å²) in [6, 6.07) is 28.6. The number of hydrogen-bond donors (Lipinski definition) is 0. The van der Waals surface area contributed by atoms with Gasteiger partial charge in [0.25, 0.3) is 0 Å². The summed E-state index contributed by atoms with van der Waals surface area (Å²) in [4.78, 5) is 30.6. The average molecular weight is 446 g/mol. The number of hydrogen-bond acceptors (Lipinski definition) is 4. The third kappa shape index (κ3) is 4.18. The van der Waals surface area contributed by atoms with E-state index in [1.54, 1.807) is 12.1 Å². The quantitative estimate of drug-likeness (QED) is 0.223. The first-order chi connectivity index (χ1) is 16.5. The van der Waals surface area contributed by atoms with Crippen LogP contribution in [0.3, 0.4) is 0 Å². The Balaban J connectivity index is 1.43. The van der Waals surface area contributed by atoms with Crippen LogP contribution in [-0.2, 0) is 4.74 Å². The van der Waals surface area contributed by atoms with Crippen molar-refractivity contribution in [3.8, 4) is 11.3 Å². The average Bonchev–Trinajstić information content (AvgIpc) is 2.87. The third-order valence-corrected chi connectivity index (χ3v) is 6.14. The maximum Gasteiger partial charge on any atom is 0.339 e. The number of ketones is 1. The number of carbonyl (C=O) groups is 2. The molecule has 0 saturated carbocycles. The zero-order valence-electron chi connectivity index (χ0n) is 19.0. The summed E-state index contributed by atoms with van der Waals surface area (Å²) in [7, 11) is 0. The Bertz CT molecular complexity index is 1570. The molecule has 4 nitrogen and oxygen atoms in total. The molecule has 0 amide bonds. The van der Waals surface area contributed by atoms with E-state index in [-0.39, 0.29) is 12.4 Å². The highest BCUT2D eigenvalue weighted by atomic mass is 16.5. The van der Waals surface area contributed by atoms with E-state index in [1.807, 2.05) is 79.7 Å². The molecular weight excluding hydrogens is 422 g/mol. The molecule has 0 unspecified atom stereocenters. The van der Waals surface area contributed by atoms with Crippen LogP contribution >= 0.6 is 0 Å². The van der Waals surface area contributed by atoms with Gasteiger partial charge in [-0.05, 0) is 60.0 Å². The van der Waals surface area contributed by atoms with Crippen LogP contribution in [0, 0.1) is 13.8 Å². The molecule has 34 heavy (non-hydrogen) atoms. The molecule has 0 radical (unpaired) electrons. The number of benzene rings is 4. The van der Waals surface area contributed by atoms with Crippen LogP contribution in [0.1, 0.15) is 31.8 Å². The first-order valence-corrected chi connectivity index (χ1v) is 11.2. The molecule has 0 aliphatic rings. The fourth-order valence-electron chi connectivity index (χ4n) is 4.05.